The summed E-state index contributed by atoms with van der Waals surface area (Å²) in [5.74, 6) is -2.54. The molecule has 0 radical (unpaired) electrons. The highest BCUT2D eigenvalue weighted by atomic mass is 32.2. The maximum atomic E-state index is 12.3. The van der Waals surface area contributed by atoms with Gasteiger partial charge in [0.1, 0.15) is 5.75 Å². The number of phenolic OH excluding ortho intramolecular Hbond substituents is 1. The largest absolute Gasteiger partial charge is 0.507 e. The Morgan fingerprint density at radius 2 is 1.96 bits per heavy atom. The highest BCUT2D eigenvalue weighted by Gasteiger charge is 2.30. The van der Waals surface area contributed by atoms with Crippen molar-refractivity contribution >= 4 is 40.8 Å². The fourth-order valence-electron chi connectivity index (χ4n) is 2.35. The summed E-state index contributed by atoms with van der Waals surface area (Å²) in [6.07, 6.45) is 1.86. The molecule has 0 saturated carbocycles. The van der Waals surface area contributed by atoms with Gasteiger partial charge in [-0.25, -0.2) is 0 Å². The molecule has 1 atom stereocenters. The lowest BCUT2D eigenvalue weighted by molar-refractivity contribution is -0.118. The van der Waals surface area contributed by atoms with Gasteiger partial charge in [-0.3, -0.25) is 4.79 Å². The van der Waals surface area contributed by atoms with Crippen molar-refractivity contribution in [3.63, 3.8) is 0 Å². The van der Waals surface area contributed by atoms with Gasteiger partial charge in [-0.15, -0.1) is 5.10 Å². The number of carbonyl (C=O) groups is 1. The van der Waals surface area contributed by atoms with Gasteiger partial charge in [0.2, 0.25) is 5.91 Å². The van der Waals surface area contributed by atoms with Crippen LogP contribution in [0.1, 0.15) is 11.1 Å². The Morgan fingerprint density at radius 1 is 1.22 bits per heavy atom. The van der Waals surface area contributed by atoms with Crippen molar-refractivity contribution in [1.29, 1.82) is 0 Å². The zero-order valence-corrected chi connectivity index (χ0v) is 15.5. The van der Waals surface area contributed by atoms with Crippen LogP contribution in [0.4, 0.5) is 8.78 Å². The van der Waals surface area contributed by atoms with Gasteiger partial charge in [0, 0.05) is 10.5 Å². The number of aromatic hydroxyl groups is 1. The molecule has 3 rings (SSSR count). The molecule has 1 fully saturated rings. The van der Waals surface area contributed by atoms with Gasteiger partial charge in [0.15, 0.2) is 5.17 Å². The molecule has 1 aliphatic heterocycles. The molecule has 2 aromatic rings. The second-order valence-corrected chi connectivity index (χ2v) is 7.79. The average molecular weight is 407 g/mol. The van der Waals surface area contributed by atoms with E-state index in [-0.39, 0.29) is 16.9 Å². The Hall–Kier alpha value is -2.39. The lowest BCUT2D eigenvalue weighted by Gasteiger charge is -2.06. The second kappa shape index (κ2) is 9.01. The molecule has 140 valence electrons. The number of phenols is 1. The smallest absolute Gasteiger partial charge is 0.288 e. The first-order chi connectivity index (χ1) is 13.0. The number of hydrogen-bond acceptors (Lipinski definition) is 6. The molecule has 1 saturated heterocycles. The number of amides is 1. The Labute approximate surface area is 163 Å². The summed E-state index contributed by atoms with van der Waals surface area (Å²) in [5.41, 5.74) is 1.40. The van der Waals surface area contributed by atoms with Crippen LogP contribution in [0.15, 0.2) is 63.6 Å². The number of nitrogens with zero attached hydrogens (tertiary/aromatic N) is 2. The monoisotopic (exact) mass is 407 g/mol. The van der Waals surface area contributed by atoms with Crippen LogP contribution in [0.25, 0.3) is 0 Å². The SMILES string of the molecule is O=C1N/C(=N\N=C\c2ccccc2O)S[C@H]1Cc1ccc(SC(F)F)cc1. The Bertz CT molecular complexity index is 873. The van der Waals surface area contributed by atoms with Gasteiger partial charge in [-0.2, -0.15) is 13.9 Å². The second-order valence-electron chi connectivity index (χ2n) is 5.53. The van der Waals surface area contributed by atoms with Crippen molar-refractivity contribution in [2.75, 3.05) is 0 Å². The number of carbonyl (C=O) groups excluding carboxylic acids is 1. The van der Waals surface area contributed by atoms with E-state index in [1.807, 2.05) is 0 Å². The highest BCUT2D eigenvalue weighted by Crippen LogP contribution is 2.27. The topological polar surface area (TPSA) is 74.0 Å². The number of amidine groups is 1. The third-order valence-corrected chi connectivity index (χ3v) is 5.42. The van der Waals surface area contributed by atoms with Gasteiger partial charge in [0.25, 0.3) is 5.76 Å². The molecule has 27 heavy (non-hydrogen) atoms. The first-order valence-corrected chi connectivity index (χ1v) is 9.67. The number of para-hydroxylation sites is 1. The molecule has 0 spiro atoms. The highest BCUT2D eigenvalue weighted by molar-refractivity contribution is 8.15. The summed E-state index contributed by atoms with van der Waals surface area (Å²) in [4.78, 5) is 12.6. The zero-order chi connectivity index (χ0) is 19.2. The van der Waals surface area contributed by atoms with E-state index in [4.69, 9.17) is 0 Å². The van der Waals surface area contributed by atoms with E-state index in [0.29, 0.717) is 33.8 Å². The molecule has 5 nitrogen and oxygen atoms in total. The van der Waals surface area contributed by atoms with E-state index in [9.17, 15) is 18.7 Å². The molecule has 1 amide bonds. The average Bonchev–Trinajstić information content (AvgIpc) is 2.97. The summed E-state index contributed by atoms with van der Waals surface area (Å²) in [7, 11) is 0. The molecular weight excluding hydrogens is 392 g/mol. The molecule has 0 aromatic heterocycles. The molecule has 1 aliphatic rings. The molecule has 2 aromatic carbocycles. The molecular formula is C18H15F2N3O2S2. The first kappa shape index (κ1) is 19.4. The molecule has 9 heteroatoms. The van der Waals surface area contributed by atoms with Gasteiger partial charge < -0.3 is 10.4 Å². The molecule has 0 unspecified atom stereocenters. The minimum absolute atomic E-state index is 0.0934. The van der Waals surface area contributed by atoms with Gasteiger partial charge >= 0.3 is 0 Å². The summed E-state index contributed by atoms with van der Waals surface area (Å²) >= 11 is 1.74. The first-order valence-electron chi connectivity index (χ1n) is 7.91. The summed E-state index contributed by atoms with van der Waals surface area (Å²) in [5, 5.41) is 20.2. The summed E-state index contributed by atoms with van der Waals surface area (Å²) in [6.45, 7) is 0. The normalized spacial score (nSPS) is 18.6. The maximum absolute atomic E-state index is 12.3. The van der Waals surface area contributed by atoms with E-state index in [1.165, 1.54) is 18.0 Å². The Kier molecular flexibility index (Phi) is 6.46. The van der Waals surface area contributed by atoms with E-state index < -0.39 is 5.76 Å². The Morgan fingerprint density at radius 3 is 2.67 bits per heavy atom. The van der Waals surface area contributed by atoms with Gasteiger partial charge in [-0.05, 0) is 36.2 Å². The van der Waals surface area contributed by atoms with Crippen molar-refractivity contribution in [3.8, 4) is 5.75 Å². The van der Waals surface area contributed by atoms with Crippen molar-refractivity contribution in [1.82, 2.24) is 5.32 Å². The van der Waals surface area contributed by atoms with Crippen molar-refractivity contribution in [2.45, 2.75) is 22.3 Å². The fourth-order valence-corrected chi connectivity index (χ4v) is 3.81. The molecule has 0 aliphatic carbocycles. The van der Waals surface area contributed by atoms with Crippen LogP contribution in [0.2, 0.25) is 0 Å². The quantitative estimate of drug-likeness (QED) is 0.433. The maximum Gasteiger partial charge on any atom is 0.288 e. The van der Waals surface area contributed by atoms with E-state index >= 15 is 0 Å². The minimum Gasteiger partial charge on any atom is -0.507 e. The number of benzene rings is 2. The van der Waals surface area contributed by atoms with Crippen molar-refractivity contribution in [2.24, 2.45) is 10.2 Å². The summed E-state index contributed by atoms with van der Waals surface area (Å²) < 4.78 is 24.7. The van der Waals surface area contributed by atoms with Crippen LogP contribution in [0.3, 0.4) is 0 Å². The van der Waals surface area contributed by atoms with E-state index in [2.05, 4.69) is 15.5 Å². The predicted octanol–water partition coefficient (Wildman–Crippen LogP) is 3.87. The minimum atomic E-state index is -2.45. The van der Waals surface area contributed by atoms with Crippen LogP contribution in [0, 0.1) is 0 Å². The third-order valence-electron chi connectivity index (χ3n) is 3.63. The third kappa shape index (κ3) is 5.54. The number of thioether (sulfide) groups is 2. The number of hydrogen-bond donors (Lipinski definition) is 2. The number of rotatable bonds is 6. The van der Waals surface area contributed by atoms with Crippen LogP contribution in [-0.4, -0.2) is 33.4 Å². The summed E-state index contributed by atoms with van der Waals surface area (Å²) in [6, 6.07) is 13.4. The standard InChI is InChI=1S/C18H15F2N3O2S2/c19-17(20)26-13-7-5-11(6-8-13)9-15-16(25)22-18(27-15)23-21-10-12-3-1-2-4-14(12)24/h1-8,10,15,17,24H,9H2,(H,22,23,25)/b21-10+/t15-/m0/s1. The van der Waals surface area contributed by atoms with Crippen LogP contribution in [-0.2, 0) is 11.2 Å². The van der Waals surface area contributed by atoms with Crippen molar-refractivity contribution < 1.29 is 18.7 Å². The van der Waals surface area contributed by atoms with Crippen molar-refractivity contribution in [3.05, 3.63) is 59.7 Å². The zero-order valence-electron chi connectivity index (χ0n) is 13.9. The van der Waals surface area contributed by atoms with Crippen LogP contribution in [0.5, 0.6) is 5.75 Å². The van der Waals surface area contributed by atoms with Gasteiger partial charge in [-0.1, -0.05) is 47.8 Å². The molecule has 2 N–H and O–H groups in total. The van der Waals surface area contributed by atoms with Crippen LogP contribution < -0.4 is 5.32 Å². The Balaban J connectivity index is 1.59. The van der Waals surface area contributed by atoms with E-state index in [1.54, 1.807) is 48.5 Å². The fraction of sp³-hybridized carbons (Fsp3) is 0.167. The van der Waals surface area contributed by atoms with Crippen LogP contribution >= 0.6 is 23.5 Å². The van der Waals surface area contributed by atoms with E-state index in [0.717, 1.165) is 5.56 Å². The van der Waals surface area contributed by atoms with Gasteiger partial charge in [0.05, 0.1) is 11.5 Å². The predicted molar refractivity (Wildman–Crippen MR) is 105 cm³/mol. The number of nitrogens with one attached hydrogen (secondary N) is 1. The molecule has 0 bridgehead atoms. The number of alkyl halides is 2. The lowest BCUT2D eigenvalue weighted by atomic mass is 10.1. The molecule has 1 heterocycles. The lowest BCUT2D eigenvalue weighted by Crippen LogP contribution is -2.25. The number of halogens is 2.